The van der Waals surface area contributed by atoms with Crippen LogP contribution in [0.2, 0.25) is 0 Å². The molecule has 3 rings (SSSR count). The Balaban J connectivity index is 1.86. The molecule has 0 radical (unpaired) electrons. The van der Waals surface area contributed by atoms with Crippen LogP contribution in [0.5, 0.6) is 0 Å². The molecule has 8 nitrogen and oxygen atoms in total. The van der Waals surface area contributed by atoms with Gasteiger partial charge in [-0.05, 0) is 38.0 Å². The predicted octanol–water partition coefficient (Wildman–Crippen LogP) is 4.66. The number of benzene rings is 1. The van der Waals surface area contributed by atoms with E-state index in [1.165, 1.54) is 4.90 Å². The number of esters is 1. The molecule has 0 N–H and O–H groups in total. The van der Waals surface area contributed by atoms with Gasteiger partial charge in [0.05, 0.1) is 24.6 Å². The Bertz CT molecular complexity index is 1040. The van der Waals surface area contributed by atoms with Crippen LogP contribution in [0.1, 0.15) is 64.4 Å². The number of aryl methyl sites for hydroxylation is 1. The van der Waals surface area contributed by atoms with Crippen molar-refractivity contribution >= 4 is 51.3 Å². The highest BCUT2D eigenvalue weighted by molar-refractivity contribution is 8.14. The maximum absolute atomic E-state index is 13.5. The summed E-state index contributed by atoms with van der Waals surface area (Å²) in [5.74, 6) is -0.771. The summed E-state index contributed by atoms with van der Waals surface area (Å²) in [5, 5.41) is 0.172. The lowest BCUT2D eigenvalue weighted by Gasteiger charge is -2.20. The number of aromatic nitrogens is 1. The number of anilines is 1. The van der Waals surface area contributed by atoms with Gasteiger partial charge in [-0.3, -0.25) is 24.2 Å². The maximum atomic E-state index is 13.5. The second-order valence-electron chi connectivity index (χ2n) is 7.53. The molecule has 2 aromatic rings. The van der Waals surface area contributed by atoms with E-state index < -0.39 is 5.97 Å². The van der Waals surface area contributed by atoms with E-state index in [-0.39, 0.29) is 36.0 Å². The van der Waals surface area contributed by atoms with E-state index in [1.54, 1.807) is 43.0 Å². The number of imide groups is 1. The highest BCUT2D eigenvalue weighted by Gasteiger charge is 2.30. The molecule has 0 bridgehead atoms. The Morgan fingerprint density at radius 2 is 2.00 bits per heavy atom. The van der Waals surface area contributed by atoms with Crippen molar-refractivity contribution in [2.75, 3.05) is 23.8 Å². The predicted molar refractivity (Wildman–Crippen MR) is 129 cm³/mol. The minimum absolute atomic E-state index is 0.130. The Morgan fingerprint density at radius 3 is 2.67 bits per heavy atom. The van der Waals surface area contributed by atoms with Crippen LogP contribution in [0.3, 0.4) is 0 Å². The number of nitrogens with zero attached hydrogens (tertiary/aromatic N) is 3. The monoisotopic (exact) mass is 489 g/mol. The zero-order valence-corrected chi connectivity index (χ0v) is 20.6. The van der Waals surface area contributed by atoms with Crippen molar-refractivity contribution in [1.82, 2.24) is 9.88 Å². The van der Waals surface area contributed by atoms with Crippen LogP contribution in [-0.2, 0) is 16.1 Å². The first-order chi connectivity index (χ1) is 15.8. The summed E-state index contributed by atoms with van der Waals surface area (Å²) in [5.41, 5.74) is 1.65. The number of carbonyl (C=O) groups is 4. The fraction of sp³-hybridized carbons (Fsp3) is 0.435. The lowest BCUT2D eigenvalue weighted by atomic mass is 10.1. The number of thiazole rings is 1. The zero-order chi connectivity index (χ0) is 24.0. The molecule has 1 saturated heterocycles. The molecule has 1 fully saturated rings. The van der Waals surface area contributed by atoms with E-state index in [2.05, 4.69) is 11.9 Å². The van der Waals surface area contributed by atoms with E-state index in [4.69, 9.17) is 4.74 Å². The van der Waals surface area contributed by atoms with Gasteiger partial charge in [-0.15, -0.1) is 0 Å². The van der Waals surface area contributed by atoms with E-state index in [1.807, 2.05) is 0 Å². The molecule has 0 aliphatic carbocycles. The first kappa shape index (κ1) is 24.9. The van der Waals surface area contributed by atoms with Crippen molar-refractivity contribution in [3.63, 3.8) is 0 Å². The fourth-order valence-corrected chi connectivity index (χ4v) is 5.07. The van der Waals surface area contributed by atoms with Crippen molar-refractivity contribution in [2.24, 2.45) is 0 Å². The number of ether oxygens (including phenoxy) is 1. The molecule has 1 aromatic carbocycles. The number of hydrogen-bond donors (Lipinski definition) is 0. The highest BCUT2D eigenvalue weighted by Crippen LogP contribution is 2.29. The largest absolute Gasteiger partial charge is 0.462 e. The minimum Gasteiger partial charge on any atom is -0.462 e. The summed E-state index contributed by atoms with van der Waals surface area (Å²) in [6.45, 7) is 6.41. The molecule has 1 aliphatic rings. The van der Waals surface area contributed by atoms with Gasteiger partial charge in [-0.25, -0.2) is 9.78 Å². The third-order valence-corrected chi connectivity index (χ3v) is 7.08. The SMILES string of the molecule is CCCCCN(C(=O)c1cccc(CN2C(=O)CSC2=O)c1)c1nc(C)c(C(=O)OCC)s1. The van der Waals surface area contributed by atoms with Gasteiger partial charge in [-0.2, -0.15) is 0 Å². The second-order valence-corrected chi connectivity index (χ2v) is 9.43. The van der Waals surface area contributed by atoms with Crippen LogP contribution in [0.4, 0.5) is 9.93 Å². The number of amides is 3. The first-order valence-corrected chi connectivity index (χ1v) is 12.7. The van der Waals surface area contributed by atoms with Crippen LogP contribution in [0.25, 0.3) is 0 Å². The summed E-state index contributed by atoms with van der Waals surface area (Å²) >= 11 is 2.13. The van der Waals surface area contributed by atoms with Gasteiger partial charge >= 0.3 is 5.97 Å². The molecule has 1 aliphatic heterocycles. The number of hydrogen-bond acceptors (Lipinski definition) is 8. The number of carbonyl (C=O) groups excluding carboxylic acids is 4. The normalized spacial score (nSPS) is 13.5. The van der Waals surface area contributed by atoms with E-state index in [0.29, 0.717) is 33.4 Å². The van der Waals surface area contributed by atoms with Crippen LogP contribution in [-0.4, -0.2) is 51.8 Å². The topological polar surface area (TPSA) is 96.9 Å². The third-order valence-electron chi connectivity index (χ3n) is 5.06. The summed E-state index contributed by atoms with van der Waals surface area (Å²) < 4.78 is 5.11. The highest BCUT2D eigenvalue weighted by atomic mass is 32.2. The molecule has 0 saturated carbocycles. The minimum atomic E-state index is -0.445. The average Bonchev–Trinajstić information content (AvgIpc) is 3.33. The number of unbranched alkanes of at least 4 members (excludes halogenated alkanes) is 2. The van der Waals surface area contributed by atoms with E-state index >= 15 is 0 Å². The molecule has 2 heterocycles. The summed E-state index contributed by atoms with van der Waals surface area (Å²) in [4.78, 5) is 57.3. The third kappa shape index (κ3) is 6.00. The average molecular weight is 490 g/mol. The summed E-state index contributed by atoms with van der Waals surface area (Å²) in [7, 11) is 0. The van der Waals surface area contributed by atoms with E-state index in [9.17, 15) is 19.2 Å². The summed E-state index contributed by atoms with van der Waals surface area (Å²) in [6.07, 6.45) is 2.75. The number of rotatable bonds is 10. The van der Waals surface area contributed by atoms with Crippen molar-refractivity contribution in [1.29, 1.82) is 0 Å². The van der Waals surface area contributed by atoms with Gasteiger partial charge in [0.15, 0.2) is 5.13 Å². The zero-order valence-electron chi connectivity index (χ0n) is 19.0. The molecule has 3 amide bonds. The standard InChI is InChI=1S/C23H27N3O5S2/c1-4-6-7-11-25(22-24-15(3)19(33-22)21(29)31-5-2)20(28)17-10-8-9-16(12-17)13-26-18(27)14-32-23(26)30/h8-10,12H,4-7,11,13-14H2,1-3H3. The smallest absolute Gasteiger partial charge is 0.350 e. The molecule has 0 unspecified atom stereocenters. The van der Waals surface area contributed by atoms with Crippen LogP contribution < -0.4 is 4.90 Å². The van der Waals surface area contributed by atoms with Gasteiger partial charge in [0, 0.05) is 12.1 Å². The fourth-order valence-electron chi connectivity index (χ4n) is 3.36. The van der Waals surface area contributed by atoms with E-state index in [0.717, 1.165) is 42.4 Å². The van der Waals surface area contributed by atoms with Gasteiger partial charge < -0.3 is 4.74 Å². The molecule has 33 heavy (non-hydrogen) atoms. The maximum Gasteiger partial charge on any atom is 0.350 e. The van der Waals surface area contributed by atoms with Crippen molar-refractivity contribution < 1.29 is 23.9 Å². The molecular formula is C23H27N3O5S2. The van der Waals surface area contributed by atoms with Crippen molar-refractivity contribution in [2.45, 2.75) is 46.6 Å². The lowest BCUT2D eigenvalue weighted by Crippen LogP contribution is -2.32. The molecule has 1 aromatic heterocycles. The Morgan fingerprint density at radius 1 is 1.21 bits per heavy atom. The quantitative estimate of drug-likeness (QED) is 0.354. The molecule has 0 atom stereocenters. The molecule has 10 heteroatoms. The summed E-state index contributed by atoms with van der Waals surface area (Å²) in [6, 6.07) is 6.93. The van der Waals surface area contributed by atoms with Gasteiger partial charge in [0.1, 0.15) is 4.88 Å². The van der Waals surface area contributed by atoms with Gasteiger partial charge in [0.25, 0.3) is 11.1 Å². The lowest BCUT2D eigenvalue weighted by molar-refractivity contribution is -0.125. The second kappa shape index (κ2) is 11.4. The Labute approximate surface area is 201 Å². The van der Waals surface area contributed by atoms with Crippen molar-refractivity contribution in [3.8, 4) is 0 Å². The van der Waals surface area contributed by atoms with Crippen LogP contribution in [0, 0.1) is 6.92 Å². The number of thioether (sulfide) groups is 1. The van der Waals surface area contributed by atoms with Crippen molar-refractivity contribution in [3.05, 3.63) is 46.0 Å². The molecular weight excluding hydrogens is 462 g/mol. The van der Waals surface area contributed by atoms with Crippen LogP contribution in [0.15, 0.2) is 24.3 Å². The van der Waals surface area contributed by atoms with Crippen LogP contribution >= 0.6 is 23.1 Å². The molecule has 176 valence electrons. The van der Waals surface area contributed by atoms with Gasteiger partial charge in [-0.1, -0.05) is 55.0 Å². The Hall–Kier alpha value is -2.72. The molecule has 0 spiro atoms. The Kier molecular flexibility index (Phi) is 8.62. The first-order valence-electron chi connectivity index (χ1n) is 10.9. The van der Waals surface area contributed by atoms with Gasteiger partial charge in [0.2, 0.25) is 5.91 Å².